The number of nitrogens with zero attached hydrogens (tertiary/aromatic N) is 5. The summed E-state index contributed by atoms with van der Waals surface area (Å²) in [4.78, 5) is 19.6. The Hall–Kier alpha value is -3.63. The highest BCUT2D eigenvalue weighted by molar-refractivity contribution is 5.69. The molecule has 9 nitrogen and oxygen atoms in total. The lowest BCUT2D eigenvalue weighted by atomic mass is 10.2. The van der Waals surface area contributed by atoms with Crippen molar-refractivity contribution in [2.24, 2.45) is 0 Å². The second-order valence-electron chi connectivity index (χ2n) is 6.55. The number of hydrogen-bond acceptors (Lipinski definition) is 7. The molecule has 0 bridgehead atoms. The zero-order valence-corrected chi connectivity index (χ0v) is 15.3. The molecule has 29 heavy (non-hydrogen) atoms. The van der Waals surface area contributed by atoms with Gasteiger partial charge in [0.25, 0.3) is 6.43 Å². The fourth-order valence-corrected chi connectivity index (χ4v) is 2.89. The van der Waals surface area contributed by atoms with Crippen molar-refractivity contribution in [3.8, 4) is 11.4 Å². The molecule has 2 N–H and O–H groups in total. The average molecular weight is 401 g/mol. The molecule has 1 atom stereocenters. The minimum Gasteiger partial charge on any atom is -0.442 e. The van der Waals surface area contributed by atoms with Gasteiger partial charge in [-0.1, -0.05) is 5.21 Å². The maximum Gasteiger partial charge on any atom is 0.407 e. The third kappa shape index (κ3) is 4.45. The van der Waals surface area contributed by atoms with E-state index < -0.39 is 12.5 Å². The van der Waals surface area contributed by atoms with E-state index in [2.05, 4.69) is 30.9 Å². The number of alkyl halides is 2. The van der Waals surface area contributed by atoms with Crippen molar-refractivity contribution in [3.63, 3.8) is 0 Å². The summed E-state index contributed by atoms with van der Waals surface area (Å²) >= 11 is 0. The van der Waals surface area contributed by atoms with Gasteiger partial charge in [-0.25, -0.2) is 28.2 Å². The summed E-state index contributed by atoms with van der Waals surface area (Å²) in [5.41, 5.74) is 1.86. The van der Waals surface area contributed by atoms with E-state index in [1.165, 1.54) is 18.3 Å². The van der Waals surface area contributed by atoms with E-state index in [4.69, 9.17) is 4.74 Å². The minimum atomic E-state index is -2.58. The van der Waals surface area contributed by atoms with E-state index >= 15 is 0 Å². The molecule has 1 fully saturated rings. The van der Waals surface area contributed by atoms with Crippen LogP contribution in [0.5, 0.6) is 0 Å². The summed E-state index contributed by atoms with van der Waals surface area (Å²) in [7, 11) is 0. The van der Waals surface area contributed by atoms with Gasteiger partial charge < -0.3 is 15.4 Å². The normalized spacial score (nSPS) is 16.0. The SMILES string of the molecule is Cc1cc(Nc2cc(C(F)F)ccn2)nc(-c2cn(C[C@H]3CNC(=O)O3)nn2)c1. The van der Waals surface area contributed by atoms with Crippen LogP contribution in [0.15, 0.2) is 36.7 Å². The van der Waals surface area contributed by atoms with Crippen molar-refractivity contribution >= 4 is 17.7 Å². The van der Waals surface area contributed by atoms with Gasteiger partial charge in [0.15, 0.2) is 0 Å². The number of cyclic esters (lactones) is 1. The Kier molecular flexibility index (Phi) is 5.02. The van der Waals surface area contributed by atoms with Crippen LogP contribution >= 0.6 is 0 Å². The van der Waals surface area contributed by atoms with E-state index in [1.807, 2.05) is 13.0 Å². The molecule has 0 aliphatic carbocycles. The predicted octanol–water partition coefficient (Wildman–Crippen LogP) is 2.83. The second kappa shape index (κ2) is 7.78. The number of alkyl carbamates (subject to hydrolysis) is 1. The van der Waals surface area contributed by atoms with Gasteiger partial charge in [0.2, 0.25) is 0 Å². The van der Waals surface area contributed by atoms with Gasteiger partial charge in [0.05, 0.1) is 25.0 Å². The first-order chi connectivity index (χ1) is 14.0. The van der Waals surface area contributed by atoms with E-state index in [1.54, 1.807) is 16.9 Å². The smallest absolute Gasteiger partial charge is 0.407 e. The van der Waals surface area contributed by atoms with Gasteiger partial charge in [-0.3, -0.25) is 0 Å². The average Bonchev–Trinajstić information content (AvgIpc) is 3.31. The van der Waals surface area contributed by atoms with Crippen LogP contribution in [0.25, 0.3) is 11.4 Å². The van der Waals surface area contributed by atoms with Crippen molar-refractivity contribution < 1.29 is 18.3 Å². The topological polar surface area (TPSA) is 107 Å². The number of pyridine rings is 2. The second-order valence-corrected chi connectivity index (χ2v) is 6.55. The molecule has 11 heteroatoms. The van der Waals surface area contributed by atoms with Gasteiger partial charge >= 0.3 is 6.09 Å². The van der Waals surface area contributed by atoms with E-state index in [0.29, 0.717) is 30.3 Å². The molecule has 0 unspecified atom stereocenters. The summed E-state index contributed by atoms with van der Waals surface area (Å²) in [6.07, 6.45) is -0.322. The molecule has 0 aromatic carbocycles. The Labute approximate surface area is 164 Å². The number of anilines is 2. The van der Waals surface area contributed by atoms with Gasteiger partial charge in [-0.2, -0.15) is 0 Å². The molecular formula is C18H17F2N7O2. The lowest BCUT2D eigenvalue weighted by Crippen LogP contribution is -2.20. The number of rotatable bonds is 6. The maximum atomic E-state index is 12.9. The molecule has 1 amide bonds. The molecule has 1 saturated heterocycles. The number of carbonyl (C=O) groups is 1. The first kappa shape index (κ1) is 18.7. The summed E-state index contributed by atoms with van der Waals surface area (Å²) < 4.78 is 32.4. The Morgan fingerprint density at radius 1 is 1.31 bits per heavy atom. The highest BCUT2D eigenvalue weighted by Crippen LogP contribution is 2.24. The van der Waals surface area contributed by atoms with Crippen molar-refractivity contribution in [2.45, 2.75) is 26.0 Å². The van der Waals surface area contributed by atoms with Crippen molar-refractivity contribution in [1.29, 1.82) is 0 Å². The number of carbonyl (C=O) groups excluding carboxylic acids is 1. The molecule has 0 spiro atoms. The predicted molar refractivity (Wildman–Crippen MR) is 98.7 cm³/mol. The Morgan fingerprint density at radius 2 is 2.17 bits per heavy atom. The van der Waals surface area contributed by atoms with Crippen molar-refractivity contribution in [2.75, 3.05) is 11.9 Å². The zero-order chi connectivity index (χ0) is 20.4. The van der Waals surface area contributed by atoms with Crippen LogP contribution in [0.2, 0.25) is 0 Å². The third-order valence-corrected chi connectivity index (χ3v) is 4.20. The first-order valence-electron chi connectivity index (χ1n) is 8.81. The van der Waals surface area contributed by atoms with E-state index in [0.717, 1.165) is 5.56 Å². The number of nitrogens with one attached hydrogen (secondary N) is 2. The summed E-state index contributed by atoms with van der Waals surface area (Å²) in [6, 6.07) is 6.15. The number of aryl methyl sites for hydroxylation is 1. The van der Waals surface area contributed by atoms with E-state index in [9.17, 15) is 13.6 Å². The van der Waals surface area contributed by atoms with Crippen LogP contribution in [0, 0.1) is 6.92 Å². The lowest BCUT2D eigenvalue weighted by molar-refractivity contribution is 0.128. The summed E-state index contributed by atoms with van der Waals surface area (Å²) in [5.74, 6) is 0.716. The molecule has 150 valence electrons. The Bertz CT molecular complexity index is 1040. The fourth-order valence-electron chi connectivity index (χ4n) is 2.89. The van der Waals surface area contributed by atoms with Crippen LogP contribution in [-0.4, -0.2) is 43.7 Å². The Morgan fingerprint density at radius 3 is 2.93 bits per heavy atom. The van der Waals surface area contributed by atoms with E-state index in [-0.39, 0.29) is 17.5 Å². The van der Waals surface area contributed by atoms with Crippen LogP contribution in [-0.2, 0) is 11.3 Å². The van der Waals surface area contributed by atoms with Gasteiger partial charge in [-0.05, 0) is 36.8 Å². The molecule has 4 rings (SSSR count). The number of ether oxygens (including phenoxy) is 1. The zero-order valence-electron chi connectivity index (χ0n) is 15.3. The molecule has 3 aromatic rings. The lowest BCUT2D eigenvalue weighted by Gasteiger charge is -2.09. The van der Waals surface area contributed by atoms with Crippen LogP contribution in [0.3, 0.4) is 0 Å². The maximum absolute atomic E-state index is 12.9. The molecule has 1 aliphatic rings. The largest absolute Gasteiger partial charge is 0.442 e. The molecule has 0 saturated carbocycles. The van der Waals surface area contributed by atoms with Crippen LogP contribution < -0.4 is 10.6 Å². The van der Waals surface area contributed by atoms with Gasteiger partial charge in [-0.15, -0.1) is 5.10 Å². The molecule has 3 aromatic heterocycles. The van der Waals surface area contributed by atoms with Gasteiger partial charge in [0.1, 0.15) is 23.4 Å². The highest BCUT2D eigenvalue weighted by atomic mass is 19.3. The van der Waals surface area contributed by atoms with Crippen LogP contribution in [0.1, 0.15) is 17.6 Å². The quantitative estimate of drug-likeness (QED) is 0.654. The molecule has 1 aliphatic heterocycles. The number of hydrogen-bond donors (Lipinski definition) is 2. The Balaban J connectivity index is 1.53. The molecular weight excluding hydrogens is 384 g/mol. The summed E-state index contributed by atoms with van der Waals surface area (Å²) in [6.45, 7) is 2.66. The fraction of sp³-hybridized carbons (Fsp3) is 0.278. The third-order valence-electron chi connectivity index (χ3n) is 4.20. The van der Waals surface area contributed by atoms with Crippen molar-refractivity contribution in [3.05, 3.63) is 47.8 Å². The van der Waals surface area contributed by atoms with Crippen LogP contribution in [0.4, 0.5) is 25.2 Å². The number of halogens is 2. The molecule has 0 radical (unpaired) electrons. The number of aromatic nitrogens is 5. The number of amides is 1. The monoisotopic (exact) mass is 401 g/mol. The van der Waals surface area contributed by atoms with Gasteiger partial charge in [0, 0.05) is 11.8 Å². The molecule has 4 heterocycles. The summed E-state index contributed by atoms with van der Waals surface area (Å²) in [5, 5.41) is 13.7. The minimum absolute atomic E-state index is 0.125. The standard InChI is InChI=1S/C18H17F2N7O2/c1-10-4-13(14-9-27(26-25-14)8-12-7-22-18(28)29-12)23-16(5-10)24-15-6-11(17(19)20)2-3-21-15/h2-6,9,12,17H,7-8H2,1H3,(H,22,28)(H,21,23,24)/t12-/m1/s1. The highest BCUT2D eigenvalue weighted by Gasteiger charge is 2.23. The van der Waals surface area contributed by atoms with Crippen molar-refractivity contribution in [1.82, 2.24) is 30.3 Å². The first-order valence-corrected chi connectivity index (χ1v) is 8.81.